The molecule has 2 aromatic heterocycles. The summed E-state index contributed by atoms with van der Waals surface area (Å²) in [6.07, 6.45) is 8.74. The molecule has 0 aliphatic carbocycles. The summed E-state index contributed by atoms with van der Waals surface area (Å²) in [7, 11) is 0. The van der Waals surface area contributed by atoms with Gasteiger partial charge >= 0.3 is 6.09 Å². The second-order valence-corrected chi connectivity index (χ2v) is 8.70. The highest BCUT2D eigenvalue weighted by molar-refractivity contribution is 5.82. The number of pyridine rings is 2. The Morgan fingerprint density at radius 1 is 1.25 bits per heavy atom. The zero-order valence-electron chi connectivity index (χ0n) is 18.1. The Hall–Kier alpha value is -3.25. The first-order chi connectivity index (χ1) is 15.7. The van der Waals surface area contributed by atoms with Gasteiger partial charge in [0.15, 0.2) is 0 Å². The van der Waals surface area contributed by atoms with Crippen LogP contribution in [0.2, 0.25) is 0 Å². The maximum Gasteiger partial charge on any atom is 0.408 e. The first kappa shape index (κ1) is 20.6. The van der Waals surface area contributed by atoms with Gasteiger partial charge in [0.2, 0.25) is 0 Å². The number of amides is 1. The van der Waals surface area contributed by atoms with Gasteiger partial charge in [-0.3, -0.25) is 14.9 Å². The average Bonchev–Trinajstić information content (AvgIpc) is 2.86. The average molecular weight is 429 g/mol. The van der Waals surface area contributed by atoms with Crippen LogP contribution < -0.4 is 5.32 Å². The summed E-state index contributed by atoms with van der Waals surface area (Å²) in [6.45, 7) is 6.42. The summed E-state index contributed by atoms with van der Waals surface area (Å²) in [5, 5.41) is 3.93. The van der Waals surface area contributed by atoms with Crippen molar-refractivity contribution >= 4 is 17.0 Å². The van der Waals surface area contributed by atoms with Crippen LogP contribution in [0.25, 0.3) is 10.9 Å². The molecule has 2 bridgehead atoms. The van der Waals surface area contributed by atoms with E-state index in [9.17, 15) is 4.79 Å². The van der Waals surface area contributed by atoms with Crippen molar-refractivity contribution in [2.75, 3.05) is 13.1 Å². The lowest BCUT2D eigenvalue weighted by molar-refractivity contribution is -0.0498. The predicted octanol–water partition coefficient (Wildman–Crippen LogP) is 4.49. The monoisotopic (exact) mass is 428 g/mol. The number of nitrogens with zero attached hydrogens (tertiary/aromatic N) is 3. The number of piperidine rings is 3. The van der Waals surface area contributed by atoms with Crippen molar-refractivity contribution in [3.63, 3.8) is 0 Å². The van der Waals surface area contributed by atoms with E-state index in [1.807, 2.05) is 42.6 Å². The maximum atomic E-state index is 12.9. The van der Waals surface area contributed by atoms with E-state index < -0.39 is 6.09 Å². The minimum absolute atomic E-state index is 0.139. The number of hydrogen-bond donors (Lipinski definition) is 1. The lowest BCUT2D eigenvalue weighted by Crippen LogP contribution is -2.55. The van der Waals surface area contributed by atoms with Gasteiger partial charge in [-0.1, -0.05) is 30.3 Å². The molecule has 6 rings (SSSR count). The number of carbonyl (C=O) groups excluding carboxylic acids is 1. The number of rotatable bonds is 6. The molecule has 1 N–H and O–H groups in total. The third-order valence-corrected chi connectivity index (χ3v) is 6.89. The first-order valence-corrected chi connectivity index (χ1v) is 11.3. The largest absolute Gasteiger partial charge is 0.440 e. The lowest BCUT2D eigenvalue weighted by Gasteiger charge is -2.51. The van der Waals surface area contributed by atoms with E-state index >= 15 is 0 Å². The SMILES string of the molecule is C=C[C@H]1CN2CC[C@H]1C[C@@H]2[C@@H](OC(=O)NCc1cccnc1)c1ccnc2ccccc12. The quantitative estimate of drug-likeness (QED) is 0.586. The maximum absolute atomic E-state index is 12.9. The molecule has 5 heterocycles. The van der Waals surface area contributed by atoms with Gasteiger partial charge in [0.05, 0.1) is 11.6 Å². The molecule has 3 saturated heterocycles. The molecule has 3 aromatic rings. The number of ether oxygens (including phenoxy) is 1. The Kier molecular flexibility index (Phi) is 5.86. The normalized spacial score (nSPS) is 25.2. The van der Waals surface area contributed by atoms with E-state index in [-0.39, 0.29) is 12.1 Å². The van der Waals surface area contributed by atoms with Gasteiger partial charge in [-0.05, 0) is 55.0 Å². The zero-order chi connectivity index (χ0) is 21.9. The molecule has 6 heteroatoms. The molecule has 6 nitrogen and oxygen atoms in total. The Morgan fingerprint density at radius 2 is 2.16 bits per heavy atom. The van der Waals surface area contributed by atoms with Gasteiger partial charge < -0.3 is 10.1 Å². The molecule has 32 heavy (non-hydrogen) atoms. The van der Waals surface area contributed by atoms with Crippen LogP contribution in [0.3, 0.4) is 0 Å². The highest BCUT2D eigenvalue weighted by Gasteiger charge is 2.44. The molecule has 1 amide bonds. The molecule has 0 radical (unpaired) electrons. The standard InChI is InChI=1S/C26H28N4O2/c1-2-19-17-30-13-10-20(19)14-24(30)25(22-9-12-28-23-8-4-3-7-21(22)23)32-26(31)29-16-18-6-5-11-27-15-18/h2-9,11-12,15,19-20,24-25H,1,10,13-14,16-17H2,(H,29,31)/t19-,20-,24+,25-/m0/s1. The molecular weight excluding hydrogens is 400 g/mol. The fourth-order valence-electron chi connectivity index (χ4n) is 5.24. The van der Waals surface area contributed by atoms with Crippen molar-refractivity contribution in [2.45, 2.75) is 31.5 Å². The Morgan fingerprint density at radius 3 is 2.94 bits per heavy atom. The molecule has 164 valence electrons. The van der Waals surface area contributed by atoms with Crippen molar-refractivity contribution in [1.82, 2.24) is 20.2 Å². The fourth-order valence-corrected chi connectivity index (χ4v) is 5.24. The van der Waals surface area contributed by atoms with Crippen LogP contribution in [0.1, 0.15) is 30.1 Å². The first-order valence-electron chi connectivity index (χ1n) is 11.3. The molecule has 0 saturated carbocycles. The van der Waals surface area contributed by atoms with Gasteiger partial charge in [0, 0.05) is 42.6 Å². The van der Waals surface area contributed by atoms with E-state index in [1.165, 1.54) is 6.42 Å². The summed E-state index contributed by atoms with van der Waals surface area (Å²) in [6, 6.07) is 14.0. The topological polar surface area (TPSA) is 67.3 Å². The van der Waals surface area contributed by atoms with Crippen molar-refractivity contribution in [1.29, 1.82) is 0 Å². The number of hydrogen-bond acceptors (Lipinski definition) is 5. The van der Waals surface area contributed by atoms with Crippen LogP contribution in [0.15, 0.2) is 73.7 Å². The zero-order valence-corrected chi connectivity index (χ0v) is 18.1. The fraction of sp³-hybridized carbons (Fsp3) is 0.346. The Balaban J connectivity index is 1.43. The smallest absolute Gasteiger partial charge is 0.408 e. The molecule has 3 fully saturated rings. The van der Waals surface area contributed by atoms with Crippen LogP contribution in [0.4, 0.5) is 4.79 Å². The number of aromatic nitrogens is 2. The minimum Gasteiger partial charge on any atom is -0.440 e. The summed E-state index contributed by atoms with van der Waals surface area (Å²) in [4.78, 5) is 24.0. The van der Waals surface area contributed by atoms with Crippen molar-refractivity contribution in [2.24, 2.45) is 11.8 Å². The summed E-state index contributed by atoms with van der Waals surface area (Å²) >= 11 is 0. The summed E-state index contributed by atoms with van der Waals surface area (Å²) in [5.41, 5.74) is 2.86. The molecule has 3 aliphatic heterocycles. The van der Waals surface area contributed by atoms with Gasteiger partial charge in [-0.25, -0.2) is 4.79 Å². The highest BCUT2D eigenvalue weighted by Crippen LogP contribution is 2.43. The van der Waals surface area contributed by atoms with E-state index in [1.54, 1.807) is 12.4 Å². The number of para-hydroxylation sites is 1. The van der Waals surface area contributed by atoms with Crippen LogP contribution in [-0.2, 0) is 11.3 Å². The van der Waals surface area contributed by atoms with Crippen molar-refractivity contribution in [3.8, 4) is 0 Å². The van der Waals surface area contributed by atoms with Crippen molar-refractivity contribution < 1.29 is 9.53 Å². The van der Waals surface area contributed by atoms with Crippen LogP contribution in [0, 0.1) is 11.8 Å². The number of alkyl carbamates (subject to hydrolysis) is 1. The third-order valence-electron chi connectivity index (χ3n) is 6.89. The molecule has 1 unspecified atom stereocenters. The minimum atomic E-state index is -0.414. The highest BCUT2D eigenvalue weighted by atomic mass is 16.6. The summed E-state index contributed by atoms with van der Waals surface area (Å²) in [5.74, 6) is 1.09. The number of nitrogens with one attached hydrogen (secondary N) is 1. The second kappa shape index (κ2) is 9.09. The number of fused-ring (bicyclic) bond motifs is 4. The molecule has 0 spiro atoms. The molecular formula is C26H28N4O2. The van der Waals surface area contributed by atoms with Crippen LogP contribution in [-0.4, -0.2) is 40.1 Å². The van der Waals surface area contributed by atoms with Gasteiger partial charge in [-0.15, -0.1) is 6.58 Å². The Labute approximate surface area is 188 Å². The summed E-state index contributed by atoms with van der Waals surface area (Å²) < 4.78 is 6.16. The number of benzene rings is 1. The second-order valence-electron chi connectivity index (χ2n) is 8.70. The van der Waals surface area contributed by atoms with E-state index in [4.69, 9.17) is 4.74 Å². The van der Waals surface area contributed by atoms with Gasteiger partial charge in [-0.2, -0.15) is 0 Å². The van der Waals surface area contributed by atoms with E-state index in [0.717, 1.165) is 41.5 Å². The molecule has 1 aromatic carbocycles. The van der Waals surface area contributed by atoms with E-state index in [2.05, 4.69) is 38.9 Å². The Bertz CT molecular complexity index is 1100. The predicted molar refractivity (Wildman–Crippen MR) is 124 cm³/mol. The van der Waals surface area contributed by atoms with Crippen molar-refractivity contribution in [3.05, 3.63) is 84.8 Å². The van der Waals surface area contributed by atoms with Crippen LogP contribution in [0.5, 0.6) is 0 Å². The van der Waals surface area contributed by atoms with Crippen LogP contribution >= 0.6 is 0 Å². The third kappa shape index (κ3) is 4.10. The van der Waals surface area contributed by atoms with Gasteiger partial charge in [0.25, 0.3) is 0 Å². The van der Waals surface area contributed by atoms with Gasteiger partial charge in [0.1, 0.15) is 6.10 Å². The molecule has 3 aliphatic rings. The lowest BCUT2D eigenvalue weighted by atomic mass is 9.73. The number of carbonyl (C=O) groups is 1. The van der Waals surface area contributed by atoms with E-state index in [0.29, 0.717) is 18.4 Å². The molecule has 5 atom stereocenters.